The van der Waals surface area contributed by atoms with Gasteiger partial charge in [0.2, 0.25) is 0 Å². The Labute approximate surface area is 99.1 Å². The molecule has 0 fully saturated rings. The minimum absolute atomic E-state index is 0.527. The quantitative estimate of drug-likeness (QED) is 0.871. The van der Waals surface area contributed by atoms with E-state index < -0.39 is 0 Å². The van der Waals surface area contributed by atoms with Crippen LogP contribution < -0.4 is 5.32 Å². The van der Waals surface area contributed by atoms with Crippen LogP contribution in [-0.2, 0) is 6.54 Å². The maximum Gasteiger partial charge on any atom is 0.144 e. The number of nitrogens with zero attached hydrogens (tertiary/aromatic N) is 3. The number of nitriles is 1. The number of aromatic nitrogens is 2. The van der Waals surface area contributed by atoms with Gasteiger partial charge in [-0.1, -0.05) is 5.16 Å². The first kappa shape index (κ1) is 11.1. The van der Waals surface area contributed by atoms with Crippen LogP contribution in [-0.4, -0.2) is 10.1 Å². The van der Waals surface area contributed by atoms with Crippen LogP contribution in [0, 0.1) is 25.2 Å². The number of anilines is 1. The third-order valence-corrected chi connectivity index (χ3v) is 2.54. The van der Waals surface area contributed by atoms with Gasteiger partial charge in [-0.15, -0.1) is 0 Å². The van der Waals surface area contributed by atoms with E-state index in [1.54, 1.807) is 18.3 Å². The van der Waals surface area contributed by atoms with Crippen LogP contribution in [0.2, 0.25) is 0 Å². The second-order valence-electron chi connectivity index (χ2n) is 3.67. The molecule has 0 aliphatic rings. The average Bonchev–Trinajstić information content (AvgIpc) is 2.67. The molecule has 0 unspecified atom stereocenters. The summed E-state index contributed by atoms with van der Waals surface area (Å²) in [5.74, 6) is 1.36. The molecule has 86 valence electrons. The molecular weight excluding hydrogens is 216 g/mol. The molecule has 2 aromatic heterocycles. The monoisotopic (exact) mass is 228 g/mol. The van der Waals surface area contributed by atoms with Gasteiger partial charge < -0.3 is 9.84 Å². The highest BCUT2D eigenvalue weighted by Gasteiger charge is 2.09. The van der Waals surface area contributed by atoms with Gasteiger partial charge in [0.05, 0.1) is 11.3 Å². The summed E-state index contributed by atoms with van der Waals surface area (Å²) >= 11 is 0. The Morgan fingerprint density at radius 2 is 2.29 bits per heavy atom. The third kappa shape index (κ3) is 2.26. The van der Waals surface area contributed by atoms with Gasteiger partial charge in [0.15, 0.2) is 0 Å². The molecule has 0 bridgehead atoms. The van der Waals surface area contributed by atoms with E-state index in [1.165, 1.54) is 0 Å². The van der Waals surface area contributed by atoms with Crippen molar-refractivity contribution in [3.63, 3.8) is 0 Å². The molecule has 5 heteroatoms. The lowest BCUT2D eigenvalue weighted by molar-refractivity contribution is 0.392. The summed E-state index contributed by atoms with van der Waals surface area (Å²) in [7, 11) is 0. The van der Waals surface area contributed by atoms with E-state index in [0.717, 1.165) is 17.0 Å². The lowest BCUT2D eigenvalue weighted by Gasteiger charge is -2.06. The Balaban J connectivity index is 2.16. The normalized spacial score (nSPS) is 9.94. The second-order valence-corrected chi connectivity index (χ2v) is 3.67. The summed E-state index contributed by atoms with van der Waals surface area (Å²) in [5.41, 5.74) is 2.38. The van der Waals surface area contributed by atoms with Crippen LogP contribution in [0.3, 0.4) is 0 Å². The first-order chi connectivity index (χ1) is 8.22. The molecule has 0 saturated carbocycles. The minimum atomic E-state index is 0.527. The first-order valence-electron chi connectivity index (χ1n) is 5.23. The SMILES string of the molecule is Cc1noc(C)c1CNc1ncccc1C#N. The Bertz CT molecular complexity index is 549. The van der Waals surface area contributed by atoms with E-state index in [-0.39, 0.29) is 0 Å². The van der Waals surface area contributed by atoms with Gasteiger partial charge in [-0.3, -0.25) is 0 Å². The number of aryl methyl sites for hydroxylation is 2. The Morgan fingerprint density at radius 1 is 1.47 bits per heavy atom. The lowest BCUT2D eigenvalue weighted by atomic mass is 10.2. The van der Waals surface area contributed by atoms with E-state index in [1.807, 2.05) is 13.8 Å². The van der Waals surface area contributed by atoms with Crippen molar-refractivity contribution in [1.29, 1.82) is 5.26 Å². The van der Waals surface area contributed by atoms with Gasteiger partial charge in [0.25, 0.3) is 0 Å². The molecule has 0 aromatic carbocycles. The predicted molar refractivity (Wildman–Crippen MR) is 62.3 cm³/mol. The molecule has 0 aliphatic heterocycles. The van der Waals surface area contributed by atoms with Crippen molar-refractivity contribution in [2.24, 2.45) is 0 Å². The van der Waals surface area contributed by atoms with Crippen LogP contribution in [0.5, 0.6) is 0 Å². The zero-order valence-corrected chi connectivity index (χ0v) is 9.69. The highest BCUT2D eigenvalue weighted by atomic mass is 16.5. The van der Waals surface area contributed by atoms with Crippen molar-refractivity contribution in [2.45, 2.75) is 20.4 Å². The molecule has 0 atom stereocenters. The molecule has 2 aromatic rings. The number of pyridine rings is 1. The fraction of sp³-hybridized carbons (Fsp3) is 0.250. The van der Waals surface area contributed by atoms with Crippen LogP contribution in [0.15, 0.2) is 22.9 Å². The molecule has 17 heavy (non-hydrogen) atoms. The summed E-state index contributed by atoms with van der Waals surface area (Å²) in [6.07, 6.45) is 1.65. The summed E-state index contributed by atoms with van der Waals surface area (Å²) in [4.78, 5) is 4.12. The molecule has 0 saturated heterocycles. The molecule has 0 aliphatic carbocycles. The van der Waals surface area contributed by atoms with E-state index >= 15 is 0 Å². The fourth-order valence-corrected chi connectivity index (χ4v) is 1.56. The fourth-order valence-electron chi connectivity index (χ4n) is 1.56. The van der Waals surface area contributed by atoms with Crippen molar-refractivity contribution in [2.75, 3.05) is 5.32 Å². The summed E-state index contributed by atoms with van der Waals surface area (Å²) in [6, 6.07) is 5.55. The second kappa shape index (κ2) is 4.66. The standard InChI is InChI=1S/C12H12N4O/c1-8-11(9(2)17-16-8)7-15-12-10(6-13)4-3-5-14-12/h3-5H,7H2,1-2H3,(H,14,15). The summed E-state index contributed by atoms with van der Waals surface area (Å²) in [6.45, 7) is 4.30. The van der Waals surface area contributed by atoms with Crippen LogP contribution >= 0.6 is 0 Å². The van der Waals surface area contributed by atoms with Crippen LogP contribution in [0.25, 0.3) is 0 Å². The van der Waals surface area contributed by atoms with Gasteiger partial charge in [0, 0.05) is 18.3 Å². The molecule has 2 heterocycles. The lowest BCUT2D eigenvalue weighted by Crippen LogP contribution is -2.04. The van der Waals surface area contributed by atoms with E-state index in [2.05, 4.69) is 21.5 Å². The third-order valence-electron chi connectivity index (χ3n) is 2.54. The number of hydrogen-bond donors (Lipinski definition) is 1. The van der Waals surface area contributed by atoms with Crippen molar-refractivity contribution in [1.82, 2.24) is 10.1 Å². The number of nitrogens with one attached hydrogen (secondary N) is 1. The summed E-state index contributed by atoms with van der Waals surface area (Å²) in [5, 5.41) is 15.9. The smallest absolute Gasteiger partial charge is 0.144 e. The van der Waals surface area contributed by atoms with Gasteiger partial charge >= 0.3 is 0 Å². The van der Waals surface area contributed by atoms with Crippen LogP contribution in [0.1, 0.15) is 22.6 Å². The van der Waals surface area contributed by atoms with Gasteiger partial charge in [0.1, 0.15) is 17.6 Å². The molecule has 2 rings (SSSR count). The Kier molecular flexibility index (Phi) is 3.06. The molecule has 5 nitrogen and oxygen atoms in total. The highest BCUT2D eigenvalue weighted by molar-refractivity contribution is 5.51. The minimum Gasteiger partial charge on any atom is -0.365 e. The van der Waals surface area contributed by atoms with E-state index in [4.69, 9.17) is 9.78 Å². The Morgan fingerprint density at radius 3 is 2.94 bits per heavy atom. The van der Waals surface area contributed by atoms with Crippen molar-refractivity contribution in [3.05, 3.63) is 40.9 Å². The predicted octanol–water partition coefficient (Wildman–Crippen LogP) is 2.17. The first-order valence-corrected chi connectivity index (χ1v) is 5.23. The molecular formula is C12H12N4O. The number of hydrogen-bond acceptors (Lipinski definition) is 5. The maximum atomic E-state index is 8.92. The molecule has 0 radical (unpaired) electrons. The topological polar surface area (TPSA) is 74.7 Å². The molecule has 0 amide bonds. The van der Waals surface area contributed by atoms with Crippen LogP contribution in [0.4, 0.5) is 5.82 Å². The molecule has 1 N–H and O–H groups in total. The van der Waals surface area contributed by atoms with Gasteiger partial charge in [-0.2, -0.15) is 5.26 Å². The van der Waals surface area contributed by atoms with Crippen molar-refractivity contribution in [3.8, 4) is 6.07 Å². The number of rotatable bonds is 3. The Hall–Kier alpha value is -2.35. The largest absolute Gasteiger partial charge is 0.365 e. The zero-order chi connectivity index (χ0) is 12.3. The zero-order valence-electron chi connectivity index (χ0n) is 9.69. The van der Waals surface area contributed by atoms with Gasteiger partial charge in [-0.25, -0.2) is 4.98 Å². The van der Waals surface area contributed by atoms with Crippen molar-refractivity contribution < 1.29 is 4.52 Å². The van der Waals surface area contributed by atoms with Crippen molar-refractivity contribution >= 4 is 5.82 Å². The highest BCUT2D eigenvalue weighted by Crippen LogP contribution is 2.16. The van der Waals surface area contributed by atoms with E-state index in [0.29, 0.717) is 17.9 Å². The van der Waals surface area contributed by atoms with E-state index in [9.17, 15) is 0 Å². The average molecular weight is 228 g/mol. The molecule has 0 spiro atoms. The maximum absolute atomic E-state index is 8.92. The summed E-state index contributed by atoms with van der Waals surface area (Å²) < 4.78 is 5.06. The van der Waals surface area contributed by atoms with Gasteiger partial charge in [-0.05, 0) is 26.0 Å².